The zero-order chi connectivity index (χ0) is 19.2. The molecule has 3 N–H and O–H groups in total. The van der Waals surface area contributed by atoms with Crippen molar-refractivity contribution in [2.45, 2.75) is 51.2 Å². The first-order valence-corrected chi connectivity index (χ1v) is 10.2. The van der Waals surface area contributed by atoms with Crippen LogP contribution in [0.2, 0.25) is 0 Å². The van der Waals surface area contributed by atoms with Crippen molar-refractivity contribution in [2.24, 2.45) is 0 Å². The molecule has 0 aliphatic rings. The van der Waals surface area contributed by atoms with Crippen molar-refractivity contribution in [1.29, 1.82) is 0 Å². The number of hydrogen-bond acceptors (Lipinski definition) is 5. The van der Waals surface area contributed by atoms with E-state index in [1.807, 2.05) is 11.8 Å². The average molecular weight is 383 g/mol. The highest BCUT2D eigenvalue weighted by Gasteiger charge is 2.09. The molecule has 26 heavy (non-hydrogen) atoms. The SMILES string of the molecule is CCCC(CC)SCCCC(=O)NC(=O)NCCOc1ccc(O)cc1. The van der Waals surface area contributed by atoms with Crippen LogP contribution >= 0.6 is 11.8 Å². The van der Waals surface area contributed by atoms with E-state index in [1.165, 1.54) is 25.0 Å². The molecule has 146 valence electrons. The smallest absolute Gasteiger partial charge is 0.321 e. The summed E-state index contributed by atoms with van der Waals surface area (Å²) in [5.41, 5.74) is 0. The van der Waals surface area contributed by atoms with E-state index in [4.69, 9.17) is 4.74 Å². The lowest BCUT2D eigenvalue weighted by atomic mass is 10.2. The Labute approximate surface area is 160 Å². The summed E-state index contributed by atoms with van der Waals surface area (Å²) in [6.45, 7) is 4.94. The van der Waals surface area contributed by atoms with Gasteiger partial charge in [0.1, 0.15) is 18.1 Å². The first-order chi connectivity index (χ1) is 12.5. The minimum absolute atomic E-state index is 0.169. The van der Waals surface area contributed by atoms with E-state index >= 15 is 0 Å². The number of hydrogen-bond donors (Lipinski definition) is 3. The number of nitrogens with one attached hydrogen (secondary N) is 2. The van der Waals surface area contributed by atoms with Gasteiger partial charge >= 0.3 is 6.03 Å². The Hall–Kier alpha value is -1.89. The molecule has 1 unspecified atom stereocenters. The van der Waals surface area contributed by atoms with E-state index in [9.17, 15) is 14.7 Å². The molecule has 0 aromatic heterocycles. The average Bonchev–Trinajstić information content (AvgIpc) is 2.62. The number of phenols is 1. The molecule has 1 aromatic carbocycles. The predicted molar refractivity (Wildman–Crippen MR) is 106 cm³/mol. The molecule has 0 heterocycles. The largest absolute Gasteiger partial charge is 0.508 e. The molecular formula is C19H30N2O4S. The van der Waals surface area contributed by atoms with Crippen LogP contribution in [0.4, 0.5) is 4.79 Å². The van der Waals surface area contributed by atoms with E-state index < -0.39 is 6.03 Å². The topological polar surface area (TPSA) is 87.7 Å². The van der Waals surface area contributed by atoms with Gasteiger partial charge in [0.05, 0.1) is 6.54 Å². The number of ether oxygens (including phenoxy) is 1. The predicted octanol–water partition coefficient (Wildman–Crippen LogP) is 3.69. The Balaban J connectivity index is 2.07. The van der Waals surface area contributed by atoms with E-state index in [1.54, 1.807) is 12.1 Å². The fourth-order valence-corrected chi connectivity index (χ4v) is 3.60. The highest BCUT2D eigenvalue weighted by atomic mass is 32.2. The molecule has 0 radical (unpaired) electrons. The number of benzene rings is 1. The fraction of sp³-hybridized carbons (Fsp3) is 0.579. The Morgan fingerprint density at radius 2 is 1.96 bits per heavy atom. The molecule has 0 saturated heterocycles. The number of urea groups is 1. The van der Waals surface area contributed by atoms with Crippen molar-refractivity contribution in [2.75, 3.05) is 18.9 Å². The van der Waals surface area contributed by atoms with Crippen LogP contribution in [-0.4, -0.2) is 41.2 Å². The molecular weight excluding hydrogens is 352 g/mol. The quantitative estimate of drug-likeness (QED) is 0.480. The minimum Gasteiger partial charge on any atom is -0.508 e. The molecule has 0 bridgehead atoms. The zero-order valence-electron chi connectivity index (χ0n) is 15.6. The van der Waals surface area contributed by atoms with Crippen molar-refractivity contribution in [1.82, 2.24) is 10.6 Å². The lowest BCUT2D eigenvalue weighted by Crippen LogP contribution is -2.41. The van der Waals surface area contributed by atoms with Gasteiger partial charge in [0.25, 0.3) is 0 Å². The lowest BCUT2D eigenvalue weighted by Gasteiger charge is -2.13. The van der Waals surface area contributed by atoms with Crippen LogP contribution in [0.15, 0.2) is 24.3 Å². The number of aromatic hydroxyl groups is 1. The monoisotopic (exact) mass is 382 g/mol. The van der Waals surface area contributed by atoms with E-state index in [2.05, 4.69) is 24.5 Å². The van der Waals surface area contributed by atoms with Crippen LogP contribution in [0.25, 0.3) is 0 Å². The summed E-state index contributed by atoms with van der Waals surface area (Å²) in [4.78, 5) is 23.4. The Bertz CT molecular complexity index is 537. The zero-order valence-corrected chi connectivity index (χ0v) is 16.4. The molecule has 1 atom stereocenters. The number of carbonyl (C=O) groups excluding carboxylic acids is 2. The number of amides is 3. The van der Waals surface area contributed by atoms with Crippen molar-refractivity contribution in [3.63, 3.8) is 0 Å². The summed E-state index contributed by atoms with van der Waals surface area (Å²) in [5, 5.41) is 14.7. The van der Waals surface area contributed by atoms with Crippen molar-refractivity contribution in [3.8, 4) is 11.5 Å². The maximum atomic E-state index is 11.7. The van der Waals surface area contributed by atoms with Crippen LogP contribution < -0.4 is 15.4 Å². The number of thioether (sulfide) groups is 1. The van der Waals surface area contributed by atoms with Crippen LogP contribution in [0.5, 0.6) is 11.5 Å². The van der Waals surface area contributed by atoms with Crippen molar-refractivity contribution >= 4 is 23.7 Å². The molecule has 1 rings (SSSR count). The highest BCUT2D eigenvalue weighted by molar-refractivity contribution is 7.99. The maximum absolute atomic E-state index is 11.7. The molecule has 0 spiro atoms. The molecule has 0 aliphatic heterocycles. The summed E-state index contributed by atoms with van der Waals surface area (Å²) in [6, 6.07) is 5.82. The summed E-state index contributed by atoms with van der Waals surface area (Å²) < 4.78 is 5.41. The summed E-state index contributed by atoms with van der Waals surface area (Å²) in [5.74, 6) is 1.45. The molecule has 7 heteroatoms. The van der Waals surface area contributed by atoms with Gasteiger partial charge in [-0.2, -0.15) is 11.8 Å². The second-order valence-electron chi connectivity index (χ2n) is 5.94. The third kappa shape index (κ3) is 10.2. The lowest BCUT2D eigenvalue weighted by molar-refractivity contribution is -0.120. The van der Waals surface area contributed by atoms with Gasteiger partial charge in [0.2, 0.25) is 5.91 Å². The van der Waals surface area contributed by atoms with Crippen LogP contribution in [0.1, 0.15) is 46.0 Å². The van der Waals surface area contributed by atoms with Crippen molar-refractivity contribution in [3.05, 3.63) is 24.3 Å². The molecule has 1 aromatic rings. The standard InChI is InChI=1S/C19H30N2O4S/c1-3-6-17(4-2)26-14-5-7-18(23)21-19(24)20-12-13-25-16-10-8-15(22)9-11-16/h8-11,17,22H,3-7,12-14H2,1-2H3,(H2,20,21,23,24). The molecule has 0 saturated carbocycles. The number of imide groups is 1. The van der Waals surface area contributed by atoms with Gasteiger partial charge in [0.15, 0.2) is 0 Å². The molecule has 0 fully saturated rings. The molecule has 6 nitrogen and oxygen atoms in total. The summed E-state index contributed by atoms with van der Waals surface area (Å²) in [6.07, 6.45) is 4.67. The Morgan fingerprint density at radius 1 is 1.23 bits per heavy atom. The number of carbonyl (C=O) groups is 2. The number of phenolic OH excluding ortho intramolecular Hbond substituents is 1. The first kappa shape index (κ1) is 22.2. The third-order valence-corrected chi connectivity index (χ3v) is 5.28. The van der Waals surface area contributed by atoms with Crippen molar-refractivity contribution < 1.29 is 19.4 Å². The van der Waals surface area contributed by atoms with E-state index in [0.29, 0.717) is 17.4 Å². The van der Waals surface area contributed by atoms with Crippen LogP contribution in [-0.2, 0) is 4.79 Å². The maximum Gasteiger partial charge on any atom is 0.321 e. The van der Waals surface area contributed by atoms with Crippen LogP contribution in [0.3, 0.4) is 0 Å². The highest BCUT2D eigenvalue weighted by Crippen LogP contribution is 2.20. The van der Waals surface area contributed by atoms with Gasteiger partial charge in [0, 0.05) is 11.7 Å². The Kier molecular flexibility index (Phi) is 11.4. The summed E-state index contributed by atoms with van der Waals surface area (Å²) >= 11 is 1.91. The van der Waals surface area contributed by atoms with Gasteiger partial charge in [-0.1, -0.05) is 20.3 Å². The number of rotatable bonds is 12. The second kappa shape index (κ2) is 13.3. The fourth-order valence-electron chi connectivity index (χ4n) is 2.32. The van der Waals surface area contributed by atoms with E-state index in [-0.39, 0.29) is 24.8 Å². The van der Waals surface area contributed by atoms with Gasteiger partial charge in [-0.25, -0.2) is 4.79 Å². The normalized spacial score (nSPS) is 11.6. The first-order valence-electron chi connectivity index (χ1n) is 9.16. The van der Waals surface area contributed by atoms with Gasteiger partial charge in [-0.05, 0) is 49.3 Å². The van der Waals surface area contributed by atoms with Gasteiger partial charge in [-0.15, -0.1) is 0 Å². The van der Waals surface area contributed by atoms with Crippen LogP contribution in [0, 0.1) is 0 Å². The summed E-state index contributed by atoms with van der Waals surface area (Å²) in [7, 11) is 0. The third-order valence-electron chi connectivity index (χ3n) is 3.71. The molecule has 0 aliphatic carbocycles. The Morgan fingerprint density at radius 3 is 2.62 bits per heavy atom. The second-order valence-corrected chi connectivity index (χ2v) is 7.35. The minimum atomic E-state index is -0.505. The molecule has 3 amide bonds. The van der Waals surface area contributed by atoms with Gasteiger partial charge < -0.3 is 15.2 Å². The van der Waals surface area contributed by atoms with Gasteiger partial charge in [-0.3, -0.25) is 10.1 Å². The van der Waals surface area contributed by atoms with E-state index in [0.717, 1.165) is 18.6 Å².